The van der Waals surface area contributed by atoms with Gasteiger partial charge in [-0.3, -0.25) is 4.79 Å². The third-order valence-corrected chi connectivity index (χ3v) is 7.31. The van der Waals surface area contributed by atoms with Gasteiger partial charge in [0.25, 0.3) is 5.91 Å². The summed E-state index contributed by atoms with van der Waals surface area (Å²) in [5.74, 6) is 0.447. The monoisotopic (exact) mass is 537 g/mol. The van der Waals surface area contributed by atoms with Crippen LogP contribution in [0.15, 0.2) is 24.3 Å². The minimum Gasteiger partial charge on any atom is -0.507 e. The summed E-state index contributed by atoms with van der Waals surface area (Å²) in [6, 6.07) is 7.21. The number of carbonyl (C=O) groups is 2. The molecule has 2 aromatic rings. The molecule has 0 spiro atoms. The fourth-order valence-electron chi connectivity index (χ4n) is 4.82. The van der Waals surface area contributed by atoms with E-state index in [1.165, 1.54) is 25.7 Å². The Hall–Kier alpha value is -2.82. The Bertz CT molecular complexity index is 1060. The smallest absolute Gasteiger partial charge is 0.343 e. The van der Waals surface area contributed by atoms with Crippen LogP contribution in [0.2, 0.25) is 0 Å². The molecule has 216 valence electrons. The van der Waals surface area contributed by atoms with Crippen LogP contribution in [-0.4, -0.2) is 23.5 Å². The summed E-state index contributed by atoms with van der Waals surface area (Å²) in [6.45, 7) is 19.0. The average molecular weight is 538 g/mol. The van der Waals surface area contributed by atoms with Crippen molar-refractivity contribution in [1.82, 2.24) is 5.32 Å². The van der Waals surface area contributed by atoms with E-state index in [0.29, 0.717) is 23.4 Å². The third kappa shape index (κ3) is 8.84. The zero-order chi connectivity index (χ0) is 29.3. The van der Waals surface area contributed by atoms with E-state index in [1.54, 1.807) is 12.1 Å². The van der Waals surface area contributed by atoms with Crippen LogP contribution >= 0.6 is 0 Å². The molecule has 0 fully saturated rings. The highest BCUT2D eigenvalue weighted by molar-refractivity contribution is 5.96. The van der Waals surface area contributed by atoms with Crippen molar-refractivity contribution in [1.29, 1.82) is 0 Å². The van der Waals surface area contributed by atoms with E-state index in [-0.39, 0.29) is 35.3 Å². The Morgan fingerprint density at radius 1 is 0.692 bits per heavy atom. The summed E-state index contributed by atoms with van der Waals surface area (Å²) in [6.07, 6.45) is 7.05. The van der Waals surface area contributed by atoms with Gasteiger partial charge in [-0.1, -0.05) is 94.4 Å². The van der Waals surface area contributed by atoms with Crippen LogP contribution in [0.5, 0.6) is 11.5 Å². The summed E-state index contributed by atoms with van der Waals surface area (Å²) in [5.41, 5.74) is 4.17. The molecular formula is C34H51NO4. The number of ether oxygens (including phenoxy) is 1. The first-order valence-electron chi connectivity index (χ1n) is 14.9. The number of hydrogen-bond donors (Lipinski definition) is 2. The molecule has 0 aliphatic heterocycles. The summed E-state index contributed by atoms with van der Waals surface area (Å²) in [7, 11) is 0. The Morgan fingerprint density at radius 3 is 1.59 bits per heavy atom. The number of esters is 1. The largest absolute Gasteiger partial charge is 0.507 e. The molecule has 39 heavy (non-hydrogen) atoms. The molecule has 0 bridgehead atoms. The van der Waals surface area contributed by atoms with Gasteiger partial charge >= 0.3 is 5.97 Å². The standard InChI is InChI=1S/C34H51NO4/c1-10-11-12-13-14-15-16-35-33(37)25-17-29(23(6)7)32(30(18-25)24(8)9)39-34(38)26-19-27(21(2)3)31(36)28(20-26)22(4)5/h17-24,36H,10-16H2,1-9H3,(H,35,37). The minimum atomic E-state index is -0.456. The van der Waals surface area contributed by atoms with E-state index in [4.69, 9.17) is 4.74 Å². The molecular weight excluding hydrogens is 486 g/mol. The molecule has 0 saturated heterocycles. The highest BCUT2D eigenvalue weighted by atomic mass is 16.5. The van der Waals surface area contributed by atoms with Gasteiger partial charge in [-0.2, -0.15) is 0 Å². The highest BCUT2D eigenvalue weighted by Crippen LogP contribution is 2.38. The molecule has 0 heterocycles. The predicted octanol–water partition coefficient (Wildman–Crippen LogP) is 9.20. The van der Waals surface area contributed by atoms with E-state index >= 15 is 0 Å². The van der Waals surface area contributed by atoms with Crippen LogP contribution in [0.4, 0.5) is 0 Å². The molecule has 5 nitrogen and oxygen atoms in total. The average Bonchev–Trinajstić information content (AvgIpc) is 2.87. The lowest BCUT2D eigenvalue weighted by Crippen LogP contribution is -2.25. The number of nitrogens with one attached hydrogen (secondary N) is 1. The second-order valence-corrected chi connectivity index (χ2v) is 12.0. The Morgan fingerprint density at radius 2 is 1.13 bits per heavy atom. The fourth-order valence-corrected chi connectivity index (χ4v) is 4.82. The number of aromatic hydroxyl groups is 1. The van der Waals surface area contributed by atoms with Crippen LogP contribution < -0.4 is 10.1 Å². The minimum absolute atomic E-state index is 0.0499. The van der Waals surface area contributed by atoms with Gasteiger partial charge < -0.3 is 15.2 Å². The lowest BCUT2D eigenvalue weighted by atomic mass is 9.90. The van der Waals surface area contributed by atoms with Crippen LogP contribution in [0.1, 0.15) is 167 Å². The number of phenols is 1. The van der Waals surface area contributed by atoms with Crippen molar-refractivity contribution in [3.63, 3.8) is 0 Å². The van der Waals surface area contributed by atoms with Crippen molar-refractivity contribution in [3.05, 3.63) is 57.6 Å². The first kappa shape index (κ1) is 32.4. The molecule has 0 aromatic heterocycles. The van der Waals surface area contributed by atoms with Crippen molar-refractivity contribution < 1.29 is 19.4 Å². The first-order chi connectivity index (χ1) is 18.4. The number of unbranched alkanes of at least 4 members (excludes halogenated alkanes) is 5. The van der Waals surface area contributed by atoms with Gasteiger partial charge in [0.05, 0.1) is 5.56 Å². The summed E-state index contributed by atoms with van der Waals surface area (Å²) in [5, 5.41) is 13.9. The van der Waals surface area contributed by atoms with Crippen LogP contribution in [0.3, 0.4) is 0 Å². The lowest BCUT2D eigenvalue weighted by molar-refractivity contribution is 0.0730. The molecule has 0 aliphatic carbocycles. The molecule has 2 N–H and O–H groups in total. The van der Waals surface area contributed by atoms with Crippen LogP contribution in [0, 0.1) is 0 Å². The first-order valence-corrected chi connectivity index (χ1v) is 14.9. The molecule has 5 heteroatoms. The van der Waals surface area contributed by atoms with E-state index in [9.17, 15) is 14.7 Å². The summed E-state index contributed by atoms with van der Waals surface area (Å²) in [4.78, 5) is 26.6. The maximum atomic E-state index is 13.5. The topological polar surface area (TPSA) is 75.6 Å². The molecule has 1 amide bonds. The third-order valence-electron chi connectivity index (χ3n) is 7.31. The second kappa shape index (κ2) is 15.1. The number of rotatable bonds is 14. The Balaban J connectivity index is 2.36. The molecule has 0 saturated carbocycles. The molecule has 0 atom stereocenters. The Labute approximate surface area is 236 Å². The van der Waals surface area contributed by atoms with Crippen LogP contribution in [-0.2, 0) is 0 Å². The molecule has 2 aromatic carbocycles. The van der Waals surface area contributed by atoms with Crippen molar-refractivity contribution >= 4 is 11.9 Å². The van der Waals surface area contributed by atoms with E-state index < -0.39 is 5.97 Å². The number of carbonyl (C=O) groups excluding carboxylic acids is 2. The van der Waals surface area contributed by atoms with E-state index in [0.717, 1.165) is 35.1 Å². The van der Waals surface area contributed by atoms with Gasteiger partial charge in [-0.05, 0) is 76.6 Å². The second-order valence-electron chi connectivity index (χ2n) is 12.0. The quantitative estimate of drug-likeness (QED) is 0.143. The van der Waals surface area contributed by atoms with Gasteiger partial charge in [-0.25, -0.2) is 4.79 Å². The van der Waals surface area contributed by atoms with E-state index in [1.807, 2.05) is 67.5 Å². The number of benzene rings is 2. The molecule has 0 radical (unpaired) electrons. The normalized spacial score (nSPS) is 11.6. The van der Waals surface area contributed by atoms with Gasteiger partial charge in [0, 0.05) is 12.1 Å². The maximum absolute atomic E-state index is 13.5. The van der Waals surface area contributed by atoms with Gasteiger partial charge in [-0.15, -0.1) is 0 Å². The SMILES string of the molecule is CCCCCCCCNC(=O)c1cc(C(C)C)c(OC(=O)c2cc(C(C)C)c(O)c(C(C)C)c2)c(C(C)C)c1. The highest BCUT2D eigenvalue weighted by Gasteiger charge is 2.24. The zero-order valence-corrected chi connectivity index (χ0v) is 25.7. The van der Waals surface area contributed by atoms with Crippen molar-refractivity contribution in [3.8, 4) is 11.5 Å². The zero-order valence-electron chi connectivity index (χ0n) is 25.7. The lowest BCUT2D eigenvalue weighted by Gasteiger charge is -2.22. The summed E-state index contributed by atoms with van der Waals surface area (Å²) >= 11 is 0. The number of amides is 1. The molecule has 0 aliphatic rings. The molecule has 0 unspecified atom stereocenters. The van der Waals surface area contributed by atoms with Gasteiger partial charge in [0.2, 0.25) is 0 Å². The van der Waals surface area contributed by atoms with Crippen LogP contribution in [0.25, 0.3) is 0 Å². The summed E-state index contributed by atoms with van der Waals surface area (Å²) < 4.78 is 6.12. The number of hydrogen-bond acceptors (Lipinski definition) is 4. The van der Waals surface area contributed by atoms with E-state index in [2.05, 4.69) is 12.2 Å². The number of phenolic OH excluding ortho intramolecular Hbond substituents is 1. The predicted molar refractivity (Wildman–Crippen MR) is 162 cm³/mol. The van der Waals surface area contributed by atoms with Crippen molar-refractivity contribution in [2.24, 2.45) is 0 Å². The molecule has 2 rings (SSSR count). The maximum Gasteiger partial charge on any atom is 0.343 e. The van der Waals surface area contributed by atoms with Gasteiger partial charge in [0.15, 0.2) is 0 Å². The fraction of sp³-hybridized carbons (Fsp3) is 0.588. The van der Waals surface area contributed by atoms with Crippen molar-refractivity contribution in [2.75, 3.05) is 6.54 Å². The van der Waals surface area contributed by atoms with Gasteiger partial charge in [0.1, 0.15) is 11.5 Å². The van der Waals surface area contributed by atoms with Crippen molar-refractivity contribution in [2.45, 2.75) is 125 Å². The Kier molecular flexibility index (Phi) is 12.5.